The summed E-state index contributed by atoms with van der Waals surface area (Å²) in [4.78, 5) is 11.8. The molecule has 0 radical (unpaired) electrons. The highest BCUT2D eigenvalue weighted by atomic mass is 32.2. The first-order chi connectivity index (χ1) is 12.3. The van der Waals surface area contributed by atoms with Crippen LogP contribution in [0.2, 0.25) is 0 Å². The van der Waals surface area contributed by atoms with Crippen molar-refractivity contribution in [1.29, 1.82) is 0 Å². The smallest absolute Gasteiger partial charge is 0.179 e. The standard InChI is InChI=1S/C21H20O3S/c1-25-21-14-19(22-15-17-8-4-2-5-9-17)12-13-20(21)24-23-16-18-10-6-3-7-11-18/h2-14H,15-16H2,1H3. The largest absolute Gasteiger partial charge is 0.489 e. The first kappa shape index (κ1) is 17.4. The Bertz CT molecular complexity index is 776. The number of hydrogen-bond acceptors (Lipinski definition) is 4. The topological polar surface area (TPSA) is 27.7 Å². The van der Waals surface area contributed by atoms with Gasteiger partial charge in [0.1, 0.15) is 19.0 Å². The first-order valence-electron chi connectivity index (χ1n) is 8.03. The molecule has 3 rings (SSSR count). The van der Waals surface area contributed by atoms with E-state index in [1.807, 2.05) is 85.1 Å². The van der Waals surface area contributed by atoms with E-state index >= 15 is 0 Å². The number of ether oxygens (including phenoxy) is 1. The predicted octanol–water partition coefficient (Wildman–Crippen LogP) is 5.50. The Morgan fingerprint density at radius 2 is 1.40 bits per heavy atom. The minimum atomic E-state index is 0.404. The summed E-state index contributed by atoms with van der Waals surface area (Å²) in [5.41, 5.74) is 2.20. The Labute approximate surface area is 152 Å². The number of hydrogen-bond donors (Lipinski definition) is 0. The number of thioether (sulfide) groups is 1. The molecule has 3 nitrogen and oxygen atoms in total. The van der Waals surface area contributed by atoms with E-state index in [4.69, 9.17) is 14.5 Å². The SMILES string of the molecule is CSc1cc(OCc2ccccc2)ccc1OOCc1ccccc1. The van der Waals surface area contributed by atoms with Gasteiger partial charge in [-0.2, -0.15) is 4.89 Å². The maximum atomic E-state index is 5.85. The van der Waals surface area contributed by atoms with Gasteiger partial charge in [-0.25, -0.2) is 0 Å². The molecule has 0 fully saturated rings. The summed E-state index contributed by atoms with van der Waals surface area (Å²) in [5, 5.41) is 0. The van der Waals surface area contributed by atoms with Crippen molar-refractivity contribution in [3.05, 3.63) is 90.0 Å². The zero-order valence-corrected chi connectivity index (χ0v) is 14.9. The molecule has 4 heteroatoms. The van der Waals surface area contributed by atoms with Crippen LogP contribution in [0, 0.1) is 0 Å². The van der Waals surface area contributed by atoms with Gasteiger partial charge in [0.2, 0.25) is 0 Å². The van der Waals surface area contributed by atoms with E-state index < -0.39 is 0 Å². The summed E-state index contributed by atoms with van der Waals surface area (Å²) in [6, 6.07) is 25.8. The van der Waals surface area contributed by atoms with Crippen LogP contribution >= 0.6 is 11.8 Å². The fourth-order valence-corrected chi connectivity index (χ4v) is 2.82. The molecule has 0 spiro atoms. The summed E-state index contributed by atoms with van der Waals surface area (Å²) < 4.78 is 5.85. The van der Waals surface area contributed by atoms with Gasteiger partial charge in [0, 0.05) is 0 Å². The van der Waals surface area contributed by atoms with Crippen molar-refractivity contribution in [3.8, 4) is 11.5 Å². The normalized spacial score (nSPS) is 10.4. The monoisotopic (exact) mass is 352 g/mol. The van der Waals surface area contributed by atoms with Crippen molar-refractivity contribution in [2.45, 2.75) is 18.1 Å². The zero-order valence-electron chi connectivity index (χ0n) is 14.1. The molecule has 0 N–H and O–H groups in total. The predicted molar refractivity (Wildman–Crippen MR) is 101 cm³/mol. The van der Waals surface area contributed by atoms with Gasteiger partial charge in [-0.1, -0.05) is 60.7 Å². The number of rotatable bonds is 8. The van der Waals surface area contributed by atoms with Crippen LogP contribution < -0.4 is 9.62 Å². The minimum Gasteiger partial charge on any atom is -0.489 e. The zero-order chi connectivity index (χ0) is 17.3. The number of benzene rings is 3. The average molecular weight is 352 g/mol. The molecule has 128 valence electrons. The molecule has 0 bridgehead atoms. The molecule has 0 aliphatic carbocycles. The molecule has 0 heterocycles. The van der Waals surface area contributed by atoms with Crippen LogP contribution in [0.3, 0.4) is 0 Å². The van der Waals surface area contributed by atoms with Crippen molar-refractivity contribution in [2.24, 2.45) is 0 Å². The van der Waals surface area contributed by atoms with Gasteiger partial charge in [0.05, 0.1) is 4.90 Å². The van der Waals surface area contributed by atoms with E-state index in [0.29, 0.717) is 19.0 Å². The summed E-state index contributed by atoms with van der Waals surface area (Å²) in [6.07, 6.45) is 2.00. The van der Waals surface area contributed by atoms with Crippen LogP contribution in [-0.2, 0) is 18.1 Å². The van der Waals surface area contributed by atoms with Crippen LogP contribution in [0.15, 0.2) is 83.8 Å². The van der Waals surface area contributed by atoms with Crippen molar-refractivity contribution in [1.82, 2.24) is 0 Å². The second-order valence-corrected chi connectivity index (χ2v) is 6.27. The van der Waals surface area contributed by atoms with E-state index in [9.17, 15) is 0 Å². The van der Waals surface area contributed by atoms with Crippen LogP contribution in [-0.4, -0.2) is 6.26 Å². The molecular formula is C21H20O3S. The molecule has 0 unspecified atom stereocenters. The lowest BCUT2D eigenvalue weighted by molar-refractivity contribution is -0.219. The van der Waals surface area contributed by atoms with Crippen LogP contribution in [0.1, 0.15) is 11.1 Å². The Kier molecular flexibility index (Phi) is 6.37. The summed E-state index contributed by atoms with van der Waals surface area (Å²) in [6.45, 7) is 0.945. The fraction of sp³-hybridized carbons (Fsp3) is 0.143. The highest BCUT2D eigenvalue weighted by Gasteiger charge is 2.07. The Morgan fingerprint density at radius 3 is 2.04 bits per heavy atom. The third-order valence-corrected chi connectivity index (χ3v) is 4.36. The summed E-state index contributed by atoms with van der Waals surface area (Å²) in [5.74, 6) is 1.50. The Hall–Kier alpha value is -2.43. The highest BCUT2D eigenvalue weighted by Crippen LogP contribution is 2.32. The fourth-order valence-electron chi connectivity index (χ4n) is 2.28. The third-order valence-electron chi connectivity index (χ3n) is 3.60. The second kappa shape index (κ2) is 9.16. The maximum absolute atomic E-state index is 5.85. The van der Waals surface area contributed by atoms with E-state index in [-0.39, 0.29) is 0 Å². The lowest BCUT2D eigenvalue weighted by Gasteiger charge is -2.11. The molecule has 25 heavy (non-hydrogen) atoms. The lowest BCUT2D eigenvalue weighted by Crippen LogP contribution is -2.00. The van der Waals surface area contributed by atoms with Gasteiger partial charge in [0.25, 0.3) is 0 Å². The quantitative estimate of drug-likeness (QED) is 0.304. The van der Waals surface area contributed by atoms with E-state index in [2.05, 4.69) is 0 Å². The van der Waals surface area contributed by atoms with Crippen molar-refractivity contribution < 1.29 is 14.5 Å². The average Bonchev–Trinajstić information content (AvgIpc) is 2.68. The van der Waals surface area contributed by atoms with Crippen LogP contribution in [0.5, 0.6) is 11.5 Å². The first-order valence-corrected chi connectivity index (χ1v) is 9.26. The molecule has 3 aromatic rings. The van der Waals surface area contributed by atoms with Crippen LogP contribution in [0.25, 0.3) is 0 Å². The summed E-state index contributed by atoms with van der Waals surface area (Å²) in [7, 11) is 0. The molecule has 0 atom stereocenters. The molecule has 3 aromatic carbocycles. The van der Waals surface area contributed by atoms with Gasteiger partial charge < -0.3 is 9.62 Å². The van der Waals surface area contributed by atoms with Crippen molar-refractivity contribution >= 4 is 11.8 Å². The third kappa shape index (κ3) is 5.28. The molecule has 0 aliphatic heterocycles. The van der Waals surface area contributed by atoms with Gasteiger partial charge in [-0.3, -0.25) is 0 Å². The van der Waals surface area contributed by atoms with E-state index in [1.54, 1.807) is 11.8 Å². The van der Waals surface area contributed by atoms with Gasteiger partial charge in [-0.05, 0) is 35.6 Å². The second-order valence-electron chi connectivity index (χ2n) is 5.42. The van der Waals surface area contributed by atoms with Gasteiger partial charge in [0.15, 0.2) is 5.75 Å². The van der Waals surface area contributed by atoms with Gasteiger partial charge >= 0.3 is 0 Å². The maximum Gasteiger partial charge on any atom is 0.179 e. The van der Waals surface area contributed by atoms with Crippen LogP contribution in [0.4, 0.5) is 0 Å². The lowest BCUT2D eigenvalue weighted by atomic mass is 10.2. The molecule has 0 aromatic heterocycles. The molecule has 0 aliphatic rings. The van der Waals surface area contributed by atoms with Gasteiger partial charge in [-0.15, -0.1) is 11.8 Å². The van der Waals surface area contributed by atoms with Crippen molar-refractivity contribution in [2.75, 3.05) is 6.26 Å². The summed E-state index contributed by atoms with van der Waals surface area (Å²) >= 11 is 1.59. The highest BCUT2D eigenvalue weighted by molar-refractivity contribution is 7.98. The van der Waals surface area contributed by atoms with Crippen molar-refractivity contribution in [3.63, 3.8) is 0 Å². The van der Waals surface area contributed by atoms with E-state index in [0.717, 1.165) is 21.8 Å². The Morgan fingerprint density at radius 1 is 0.760 bits per heavy atom. The molecular weight excluding hydrogens is 332 g/mol. The molecule has 0 saturated carbocycles. The van der Waals surface area contributed by atoms with E-state index in [1.165, 1.54) is 0 Å². The molecule has 0 saturated heterocycles. The molecule has 0 amide bonds. The Balaban J connectivity index is 1.57. The minimum absolute atomic E-state index is 0.404.